The van der Waals surface area contributed by atoms with E-state index < -0.39 is 18.6 Å². The van der Waals surface area contributed by atoms with Gasteiger partial charge in [-0.25, -0.2) is 14.6 Å². The lowest BCUT2D eigenvalue weighted by molar-refractivity contribution is -0.156. The van der Waals surface area contributed by atoms with E-state index in [1.165, 1.54) is 11.3 Å². The molecule has 212 valence electrons. The first kappa shape index (κ1) is 27.1. The molecule has 3 aromatic heterocycles. The highest BCUT2D eigenvalue weighted by Crippen LogP contribution is 2.44. The van der Waals surface area contributed by atoms with Gasteiger partial charge in [-0.2, -0.15) is 10.4 Å². The normalized spacial score (nSPS) is 16.4. The smallest absolute Gasteiger partial charge is 0.253 e. The number of hydrogen-bond acceptors (Lipinski definition) is 10. The maximum atomic E-state index is 12.2. The lowest BCUT2D eigenvalue weighted by Crippen LogP contribution is -2.74. The number of thiazole rings is 1. The van der Waals surface area contributed by atoms with Crippen molar-refractivity contribution < 1.29 is 15.0 Å². The fourth-order valence-corrected chi connectivity index (χ4v) is 6.73. The average Bonchev–Trinajstić information content (AvgIpc) is 3.52. The molecular formula is C29H32N8O3S. The number of anilines is 3. The van der Waals surface area contributed by atoms with E-state index in [4.69, 9.17) is 20.2 Å². The number of carbonyl (C=O) groups excluding carboxylic acids is 1. The maximum absolute atomic E-state index is 12.2. The van der Waals surface area contributed by atoms with Gasteiger partial charge in [0.05, 0.1) is 23.4 Å². The molecule has 2 N–H and O–H groups in total. The molecule has 1 amide bonds. The van der Waals surface area contributed by atoms with Gasteiger partial charge in [0.1, 0.15) is 22.5 Å². The number of aliphatic hydroxyl groups excluding tert-OH is 2. The van der Waals surface area contributed by atoms with Crippen LogP contribution in [0.5, 0.6) is 0 Å². The van der Waals surface area contributed by atoms with Gasteiger partial charge in [-0.15, -0.1) is 0 Å². The number of amides is 1. The van der Waals surface area contributed by atoms with Gasteiger partial charge in [0.15, 0.2) is 16.9 Å². The number of pyridine rings is 1. The Labute approximate surface area is 241 Å². The standard InChI is InChI=1S/C29H32N8O3S/c1-5-37-26(34(4)28-32-24(23(11-30)41-28)19-8-6-17(2)7-9-19)20-10-21(18(3)31-25(20)33-37)35-13-29(14-35)15-36(16-29)27(40)22(39)12-38/h6-10,22,38-39H,5,12-16H2,1-4H3. The first-order valence-corrected chi connectivity index (χ1v) is 14.4. The molecule has 41 heavy (non-hydrogen) atoms. The molecule has 12 heteroatoms. The number of benzene rings is 1. The summed E-state index contributed by atoms with van der Waals surface area (Å²) in [5.74, 6) is 0.446. The van der Waals surface area contributed by atoms with Gasteiger partial charge >= 0.3 is 0 Å². The van der Waals surface area contributed by atoms with Crippen molar-refractivity contribution in [2.75, 3.05) is 49.6 Å². The summed E-state index contributed by atoms with van der Waals surface area (Å²) in [4.78, 5) is 28.3. The molecule has 2 aliphatic rings. The Morgan fingerprint density at radius 3 is 2.54 bits per heavy atom. The first-order chi connectivity index (χ1) is 19.7. The lowest BCUT2D eigenvalue weighted by Gasteiger charge is -2.61. The van der Waals surface area contributed by atoms with E-state index in [1.54, 1.807) is 4.90 Å². The van der Waals surface area contributed by atoms with Crippen LogP contribution < -0.4 is 9.80 Å². The third-order valence-electron chi connectivity index (χ3n) is 8.03. The van der Waals surface area contributed by atoms with Crippen LogP contribution in [-0.4, -0.2) is 86.7 Å². The zero-order valence-electron chi connectivity index (χ0n) is 23.5. The third-order valence-corrected chi connectivity index (χ3v) is 9.07. The molecule has 5 heterocycles. The molecule has 1 unspecified atom stereocenters. The summed E-state index contributed by atoms with van der Waals surface area (Å²) in [7, 11) is 1.94. The van der Waals surface area contributed by atoms with Crippen molar-refractivity contribution >= 4 is 44.9 Å². The van der Waals surface area contributed by atoms with Crippen LogP contribution in [0.15, 0.2) is 30.3 Å². The van der Waals surface area contributed by atoms with Crippen molar-refractivity contribution in [1.29, 1.82) is 5.26 Å². The Bertz CT molecular complexity index is 1670. The van der Waals surface area contributed by atoms with Crippen LogP contribution in [0.25, 0.3) is 22.3 Å². The molecule has 6 rings (SSSR count). The Morgan fingerprint density at radius 2 is 1.90 bits per heavy atom. The fourth-order valence-electron chi connectivity index (χ4n) is 5.89. The Hall–Kier alpha value is -4.05. The SMILES string of the molecule is CCn1nc2nc(C)c(N3CC4(CN(C(=O)C(O)CO)C4)C3)cc2c1N(C)c1nc(-c2ccc(C)cc2)c(C#N)s1. The second-order valence-corrected chi connectivity index (χ2v) is 12.0. The molecule has 2 saturated heterocycles. The van der Waals surface area contributed by atoms with Crippen LogP contribution in [0, 0.1) is 30.6 Å². The molecule has 0 radical (unpaired) electrons. The predicted molar refractivity (Wildman–Crippen MR) is 157 cm³/mol. The molecular weight excluding hydrogens is 540 g/mol. The number of rotatable bonds is 7. The topological polar surface area (TPSA) is 135 Å². The second-order valence-electron chi connectivity index (χ2n) is 11.1. The Kier molecular flexibility index (Phi) is 6.68. The number of carbonyl (C=O) groups is 1. The minimum Gasteiger partial charge on any atom is -0.393 e. The van der Waals surface area contributed by atoms with E-state index >= 15 is 0 Å². The van der Waals surface area contributed by atoms with Crippen LogP contribution in [0.1, 0.15) is 23.1 Å². The van der Waals surface area contributed by atoms with Crippen molar-refractivity contribution in [3.63, 3.8) is 0 Å². The van der Waals surface area contributed by atoms with Crippen molar-refractivity contribution in [2.45, 2.75) is 33.4 Å². The number of aliphatic hydroxyl groups is 2. The van der Waals surface area contributed by atoms with Crippen LogP contribution in [0.4, 0.5) is 16.6 Å². The van der Waals surface area contributed by atoms with Gasteiger partial charge in [-0.05, 0) is 26.8 Å². The molecule has 1 atom stereocenters. The van der Waals surface area contributed by atoms with Gasteiger partial charge in [-0.3, -0.25) is 4.79 Å². The summed E-state index contributed by atoms with van der Waals surface area (Å²) in [6, 6.07) is 12.5. The van der Waals surface area contributed by atoms with Crippen molar-refractivity contribution in [3.05, 3.63) is 46.5 Å². The third kappa shape index (κ3) is 4.50. The molecule has 11 nitrogen and oxygen atoms in total. The number of nitrogens with zero attached hydrogens (tertiary/aromatic N) is 8. The van der Waals surface area contributed by atoms with Gasteiger partial charge in [0.25, 0.3) is 5.91 Å². The van der Waals surface area contributed by atoms with Crippen LogP contribution in [-0.2, 0) is 11.3 Å². The van der Waals surface area contributed by atoms with Crippen molar-refractivity contribution in [1.82, 2.24) is 24.6 Å². The number of likely N-dealkylation sites (tertiary alicyclic amines) is 1. The average molecular weight is 573 g/mol. The molecule has 0 bridgehead atoms. The molecule has 2 fully saturated rings. The summed E-state index contributed by atoms with van der Waals surface area (Å²) in [5.41, 5.74) is 5.28. The summed E-state index contributed by atoms with van der Waals surface area (Å²) in [6.07, 6.45) is -1.35. The Morgan fingerprint density at radius 1 is 1.20 bits per heavy atom. The number of aryl methyl sites for hydroxylation is 3. The highest BCUT2D eigenvalue weighted by Gasteiger charge is 2.54. The Balaban J connectivity index is 1.29. The van der Waals surface area contributed by atoms with Crippen molar-refractivity contribution in [3.8, 4) is 17.3 Å². The van der Waals surface area contributed by atoms with Gasteiger partial charge in [0, 0.05) is 50.7 Å². The molecule has 0 aliphatic carbocycles. The van der Waals surface area contributed by atoms with Crippen LogP contribution >= 0.6 is 11.3 Å². The van der Waals surface area contributed by atoms with E-state index in [0.717, 1.165) is 46.8 Å². The van der Waals surface area contributed by atoms with E-state index in [1.807, 2.05) is 61.7 Å². The van der Waals surface area contributed by atoms with Gasteiger partial charge < -0.3 is 24.9 Å². The number of fused-ring (bicyclic) bond motifs is 1. The summed E-state index contributed by atoms with van der Waals surface area (Å²) in [5, 5.41) is 35.0. The van der Waals surface area contributed by atoms with E-state index in [-0.39, 0.29) is 5.41 Å². The summed E-state index contributed by atoms with van der Waals surface area (Å²) in [6.45, 7) is 8.84. The number of nitriles is 1. The van der Waals surface area contributed by atoms with Gasteiger partial charge in [0.2, 0.25) is 0 Å². The largest absolute Gasteiger partial charge is 0.393 e. The molecule has 4 aromatic rings. The number of aromatic nitrogens is 4. The number of hydrogen-bond donors (Lipinski definition) is 2. The van der Waals surface area contributed by atoms with E-state index in [0.29, 0.717) is 41.0 Å². The van der Waals surface area contributed by atoms with E-state index in [9.17, 15) is 15.2 Å². The maximum Gasteiger partial charge on any atom is 0.253 e. The minimum atomic E-state index is -1.35. The first-order valence-electron chi connectivity index (χ1n) is 13.6. The minimum absolute atomic E-state index is 0.000415. The molecule has 1 spiro atoms. The molecule has 2 aliphatic heterocycles. The zero-order chi connectivity index (χ0) is 29.1. The molecule has 1 aromatic carbocycles. The summed E-state index contributed by atoms with van der Waals surface area (Å²) >= 11 is 1.35. The lowest BCUT2D eigenvalue weighted by atomic mass is 9.72. The molecule has 0 saturated carbocycles. The van der Waals surface area contributed by atoms with Crippen molar-refractivity contribution in [2.24, 2.45) is 5.41 Å². The summed E-state index contributed by atoms with van der Waals surface area (Å²) < 4.78 is 1.92. The van der Waals surface area contributed by atoms with E-state index in [2.05, 4.69) is 17.0 Å². The van der Waals surface area contributed by atoms with Crippen LogP contribution in [0.2, 0.25) is 0 Å². The fraction of sp³-hybridized carbons (Fsp3) is 0.414. The highest BCUT2D eigenvalue weighted by atomic mass is 32.1. The monoisotopic (exact) mass is 572 g/mol. The zero-order valence-corrected chi connectivity index (χ0v) is 24.3. The second kappa shape index (κ2) is 10.1. The predicted octanol–water partition coefficient (Wildman–Crippen LogP) is 2.83. The van der Waals surface area contributed by atoms with Gasteiger partial charge in [-0.1, -0.05) is 41.2 Å². The van der Waals surface area contributed by atoms with Crippen LogP contribution in [0.3, 0.4) is 0 Å². The highest BCUT2D eigenvalue weighted by molar-refractivity contribution is 7.16. The quantitative estimate of drug-likeness (QED) is 0.343.